The van der Waals surface area contributed by atoms with E-state index in [-0.39, 0.29) is 5.82 Å². The number of sulfonamides is 1. The molecule has 2 aromatic rings. The highest BCUT2D eigenvalue weighted by Crippen LogP contribution is 2.26. The number of alkyl halides is 2. The largest absolute Gasteiger partial charge is 0.442 e. The second kappa shape index (κ2) is 4.65. The van der Waals surface area contributed by atoms with Crippen molar-refractivity contribution in [2.75, 3.05) is 11.4 Å². The molecule has 0 radical (unpaired) electrons. The minimum absolute atomic E-state index is 0.164. The Morgan fingerprint density at radius 2 is 2.05 bits per heavy atom. The van der Waals surface area contributed by atoms with E-state index in [2.05, 4.69) is 9.52 Å². The van der Waals surface area contributed by atoms with Gasteiger partial charge >= 0.3 is 0 Å². The first-order valence-corrected chi connectivity index (χ1v) is 6.63. The summed E-state index contributed by atoms with van der Waals surface area (Å²) in [5, 5.41) is 3.37. The zero-order valence-corrected chi connectivity index (χ0v) is 10.9. The van der Waals surface area contributed by atoms with Gasteiger partial charge in [0.15, 0.2) is 11.6 Å². The highest BCUT2D eigenvalue weighted by Gasteiger charge is 2.27. The van der Waals surface area contributed by atoms with Crippen LogP contribution in [0.25, 0.3) is 0 Å². The van der Waals surface area contributed by atoms with Crippen molar-refractivity contribution in [1.82, 2.24) is 9.78 Å². The van der Waals surface area contributed by atoms with E-state index in [4.69, 9.17) is 0 Å². The van der Waals surface area contributed by atoms with Crippen LogP contribution in [0, 0.1) is 0 Å². The zero-order chi connectivity index (χ0) is 14.2. The molecule has 2 aromatic heterocycles. The number of halogens is 2. The van der Waals surface area contributed by atoms with Gasteiger partial charge in [0, 0.05) is 26.4 Å². The van der Waals surface area contributed by atoms with Crippen LogP contribution in [0.3, 0.4) is 0 Å². The van der Waals surface area contributed by atoms with Crippen LogP contribution in [0.1, 0.15) is 12.2 Å². The molecular formula is C10H11F2N3O3S. The minimum Gasteiger partial charge on any atom is -0.442 e. The molecule has 0 saturated heterocycles. The molecule has 0 saturated carbocycles. The fourth-order valence-electron chi connectivity index (χ4n) is 1.42. The van der Waals surface area contributed by atoms with Gasteiger partial charge in [0.1, 0.15) is 0 Å². The van der Waals surface area contributed by atoms with E-state index in [0.29, 0.717) is 0 Å². The van der Waals surface area contributed by atoms with Crippen LogP contribution in [-0.2, 0) is 17.1 Å². The van der Waals surface area contributed by atoms with Crippen LogP contribution >= 0.6 is 0 Å². The third kappa shape index (κ3) is 2.46. The van der Waals surface area contributed by atoms with Crippen LogP contribution in [0.15, 0.2) is 33.9 Å². The number of aryl methyl sites for hydroxylation is 1. The Kier molecular flexibility index (Phi) is 3.31. The van der Waals surface area contributed by atoms with Crippen molar-refractivity contribution in [2.24, 2.45) is 7.05 Å². The lowest BCUT2D eigenvalue weighted by Gasteiger charge is -2.14. The number of furan rings is 1. The second-order valence-electron chi connectivity index (χ2n) is 3.78. The molecule has 9 heteroatoms. The quantitative estimate of drug-likeness (QED) is 0.861. The van der Waals surface area contributed by atoms with Crippen molar-refractivity contribution in [3.63, 3.8) is 0 Å². The monoisotopic (exact) mass is 291 g/mol. The van der Waals surface area contributed by atoms with Crippen molar-refractivity contribution in [3.8, 4) is 0 Å². The number of anilines is 1. The first-order chi connectivity index (χ1) is 8.82. The lowest BCUT2D eigenvalue weighted by Crippen LogP contribution is -2.26. The van der Waals surface area contributed by atoms with Crippen LogP contribution < -0.4 is 4.31 Å². The standard InChI is InChI=1S/C10H11F2N3O3S/c1-14-6-5-8(13-14)15(2)19(16,17)9-4-3-7(18-9)10(11)12/h3-6,10H,1-2H3. The molecule has 0 fully saturated rings. The average molecular weight is 291 g/mol. The summed E-state index contributed by atoms with van der Waals surface area (Å²) < 4.78 is 55.9. The average Bonchev–Trinajstić information content (AvgIpc) is 2.96. The van der Waals surface area contributed by atoms with E-state index >= 15 is 0 Å². The molecule has 0 atom stereocenters. The minimum atomic E-state index is -4.03. The van der Waals surface area contributed by atoms with Gasteiger partial charge < -0.3 is 4.42 Å². The summed E-state index contributed by atoms with van der Waals surface area (Å²) in [6.07, 6.45) is -1.29. The summed E-state index contributed by atoms with van der Waals surface area (Å²) in [4.78, 5) is 0. The molecule has 0 unspecified atom stereocenters. The van der Waals surface area contributed by atoms with Gasteiger partial charge in [0.2, 0.25) is 5.09 Å². The van der Waals surface area contributed by atoms with Crippen molar-refractivity contribution in [3.05, 3.63) is 30.2 Å². The topological polar surface area (TPSA) is 68.3 Å². The Hall–Kier alpha value is -1.90. The Balaban J connectivity index is 2.36. The van der Waals surface area contributed by atoms with Gasteiger partial charge in [0.25, 0.3) is 16.4 Å². The molecule has 0 spiro atoms. The van der Waals surface area contributed by atoms with E-state index in [0.717, 1.165) is 16.4 Å². The second-order valence-corrected chi connectivity index (χ2v) is 5.68. The lowest BCUT2D eigenvalue weighted by molar-refractivity contribution is 0.116. The maximum Gasteiger partial charge on any atom is 0.298 e. The van der Waals surface area contributed by atoms with Crippen LogP contribution in [0.2, 0.25) is 0 Å². The summed E-state index contributed by atoms with van der Waals surface area (Å²) in [7, 11) is -1.14. The first kappa shape index (κ1) is 13.5. The molecule has 0 aliphatic heterocycles. The van der Waals surface area contributed by atoms with E-state index in [1.165, 1.54) is 17.8 Å². The number of hydrogen-bond acceptors (Lipinski definition) is 4. The maximum atomic E-state index is 12.4. The summed E-state index contributed by atoms with van der Waals surface area (Å²) >= 11 is 0. The molecule has 2 heterocycles. The van der Waals surface area contributed by atoms with Crippen LogP contribution in [0.5, 0.6) is 0 Å². The molecule has 0 aliphatic carbocycles. The maximum absolute atomic E-state index is 12.4. The Bertz CT molecular complexity index is 678. The normalized spacial score (nSPS) is 12.1. The van der Waals surface area contributed by atoms with Crippen LogP contribution in [0.4, 0.5) is 14.6 Å². The molecule has 0 amide bonds. The molecule has 0 aliphatic rings. The molecule has 2 rings (SSSR count). The van der Waals surface area contributed by atoms with Crippen molar-refractivity contribution >= 4 is 15.8 Å². The molecular weight excluding hydrogens is 280 g/mol. The van der Waals surface area contributed by atoms with Gasteiger partial charge in [0.05, 0.1) is 0 Å². The number of aromatic nitrogens is 2. The van der Waals surface area contributed by atoms with E-state index in [1.807, 2.05) is 0 Å². The fourth-order valence-corrected chi connectivity index (χ4v) is 2.47. The lowest BCUT2D eigenvalue weighted by atomic mass is 10.5. The SMILES string of the molecule is CN(c1ccn(C)n1)S(=O)(=O)c1ccc(C(F)F)o1. The van der Waals surface area contributed by atoms with Gasteiger partial charge in [-0.2, -0.15) is 13.5 Å². The molecule has 6 nitrogen and oxygen atoms in total. The van der Waals surface area contributed by atoms with Gasteiger partial charge in [-0.1, -0.05) is 0 Å². The van der Waals surface area contributed by atoms with E-state index in [1.54, 1.807) is 13.2 Å². The molecule has 0 aromatic carbocycles. The van der Waals surface area contributed by atoms with Gasteiger partial charge in [-0.05, 0) is 12.1 Å². The van der Waals surface area contributed by atoms with E-state index in [9.17, 15) is 17.2 Å². The zero-order valence-electron chi connectivity index (χ0n) is 10.1. The predicted molar refractivity (Wildman–Crippen MR) is 62.5 cm³/mol. The number of hydrogen-bond donors (Lipinski definition) is 0. The van der Waals surface area contributed by atoms with Crippen molar-refractivity contribution < 1.29 is 21.6 Å². The van der Waals surface area contributed by atoms with Gasteiger partial charge in [-0.15, -0.1) is 0 Å². The Morgan fingerprint density at radius 3 is 2.53 bits per heavy atom. The predicted octanol–water partition coefficient (Wildman–Crippen LogP) is 1.78. The molecule has 104 valence electrons. The summed E-state index contributed by atoms with van der Waals surface area (Å²) in [6, 6.07) is 3.41. The van der Waals surface area contributed by atoms with Crippen molar-refractivity contribution in [1.29, 1.82) is 0 Å². The fraction of sp³-hybridized carbons (Fsp3) is 0.300. The third-order valence-electron chi connectivity index (χ3n) is 2.45. The first-order valence-electron chi connectivity index (χ1n) is 5.19. The highest BCUT2D eigenvalue weighted by molar-refractivity contribution is 7.92. The highest BCUT2D eigenvalue weighted by atomic mass is 32.2. The molecule has 19 heavy (non-hydrogen) atoms. The van der Waals surface area contributed by atoms with Crippen LogP contribution in [-0.4, -0.2) is 25.2 Å². The van der Waals surface area contributed by atoms with Gasteiger partial charge in [-0.3, -0.25) is 4.68 Å². The number of nitrogens with zero attached hydrogens (tertiary/aromatic N) is 3. The Labute approximate surface area is 108 Å². The summed E-state index contributed by atoms with van der Waals surface area (Å²) in [5.41, 5.74) is 0. The summed E-state index contributed by atoms with van der Waals surface area (Å²) in [6.45, 7) is 0. The van der Waals surface area contributed by atoms with E-state index < -0.39 is 27.3 Å². The molecule has 0 bridgehead atoms. The van der Waals surface area contributed by atoms with Crippen molar-refractivity contribution in [2.45, 2.75) is 11.5 Å². The van der Waals surface area contributed by atoms with Gasteiger partial charge in [-0.25, -0.2) is 13.1 Å². The molecule has 0 N–H and O–H groups in total. The number of rotatable bonds is 4. The third-order valence-corrected chi connectivity index (χ3v) is 4.09. The summed E-state index contributed by atoms with van der Waals surface area (Å²) in [5.74, 6) is -0.523. The Morgan fingerprint density at radius 1 is 1.37 bits per heavy atom. The smallest absolute Gasteiger partial charge is 0.298 e.